The molecule has 0 unspecified atom stereocenters. The predicted molar refractivity (Wildman–Crippen MR) is 113 cm³/mol. The lowest BCUT2D eigenvalue weighted by Crippen LogP contribution is -2.55. The zero-order chi connectivity index (χ0) is 21.2. The van der Waals surface area contributed by atoms with Gasteiger partial charge in [0.05, 0.1) is 11.9 Å². The Labute approximate surface area is 175 Å². The van der Waals surface area contributed by atoms with Crippen LogP contribution >= 0.6 is 11.6 Å². The van der Waals surface area contributed by atoms with E-state index in [1.165, 1.54) is 31.2 Å². The van der Waals surface area contributed by atoms with Gasteiger partial charge in [-0.2, -0.15) is 0 Å². The molecule has 0 saturated carbocycles. The highest BCUT2D eigenvalue weighted by Gasteiger charge is 2.34. The van der Waals surface area contributed by atoms with E-state index in [-0.39, 0.29) is 11.6 Å². The standard InChI is InChI=1S/C20H23ClFN3O3S/c1-15(25(29(2,27)28)19-9-4-3-8-18(19)22)20(26)24-12-10-23(11-13-24)17-7-5-6-16(21)14-17/h3-9,14-15H,10-13H2,1-2H3/t15-/m0/s1. The van der Waals surface area contributed by atoms with Crippen LogP contribution in [-0.2, 0) is 14.8 Å². The molecule has 3 rings (SSSR count). The Kier molecular flexibility index (Phi) is 6.33. The molecule has 0 aromatic heterocycles. The Morgan fingerprint density at radius 2 is 1.76 bits per heavy atom. The van der Waals surface area contributed by atoms with Crippen LogP contribution in [0.5, 0.6) is 0 Å². The molecule has 1 heterocycles. The van der Waals surface area contributed by atoms with E-state index in [9.17, 15) is 17.6 Å². The van der Waals surface area contributed by atoms with Crippen LogP contribution in [0.15, 0.2) is 48.5 Å². The zero-order valence-corrected chi connectivity index (χ0v) is 17.8. The van der Waals surface area contributed by atoms with Crippen molar-refractivity contribution < 1.29 is 17.6 Å². The predicted octanol–water partition coefficient (Wildman–Crippen LogP) is 2.98. The van der Waals surface area contributed by atoms with Crippen LogP contribution in [0.4, 0.5) is 15.8 Å². The fraction of sp³-hybridized carbons (Fsp3) is 0.350. The molecule has 29 heavy (non-hydrogen) atoms. The second-order valence-corrected chi connectivity index (χ2v) is 9.27. The molecule has 2 aromatic rings. The number of halogens is 2. The van der Waals surface area contributed by atoms with Gasteiger partial charge >= 0.3 is 0 Å². The molecule has 0 radical (unpaired) electrons. The lowest BCUT2D eigenvalue weighted by atomic mass is 10.2. The van der Waals surface area contributed by atoms with Crippen LogP contribution in [0.3, 0.4) is 0 Å². The number of carbonyl (C=O) groups excluding carboxylic acids is 1. The van der Waals surface area contributed by atoms with E-state index in [1.807, 2.05) is 18.2 Å². The van der Waals surface area contributed by atoms with Gasteiger partial charge in [0.25, 0.3) is 0 Å². The molecule has 0 bridgehead atoms. The number of benzene rings is 2. The summed E-state index contributed by atoms with van der Waals surface area (Å²) in [6.07, 6.45) is 0.973. The number of piperazine rings is 1. The second-order valence-electron chi connectivity index (χ2n) is 6.98. The summed E-state index contributed by atoms with van der Waals surface area (Å²) in [7, 11) is -3.86. The quantitative estimate of drug-likeness (QED) is 0.718. The maximum absolute atomic E-state index is 14.3. The number of rotatable bonds is 5. The minimum atomic E-state index is -3.86. The average molecular weight is 440 g/mol. The smallest absolute Gasteiger partial charge is 0.246 e. The van der Waals surface area contributed by atoms with E-state index in [0.29, 0.717) is 31.2 Å². The topological polar surface area (TPSA) is 60.9 Å². The number of anilines is 2. The number of nitrogens with zero attached hydrogens (tertiary/aromatic N) is 3. The van der Waals surface area contributed by atoms with Crippen molar-refractivity contribution in [2.24, 2.45) is 0 Å². The fourth-order valence-corrected chi connectivity index (χ4v) is 4.88. The van der Waals surface area contributed by atoms with Crippen molar-refractivity contribution in [3.8, 4) is 0 Å². The van der Waals surface area contributed by atoms with Crippen molar-refractivity contribution in [2.45, 2.75) is 13.0 Å². The first-order valence-corrected chi connectivity index (χ1v) is 11.4. The normalized spacial score (nSPS) is 15.9. The van der Waals surface area contributed by atoms with Gasteiger partial charge < -0.3 is 9.80 Å². The van der Waals surface area contributed by atoms with Crippen molar-refractivity contribution in [1.82, 2.24) is 4.90 Å². The van der Waals surface area contributed by atoms with Crippen LogP contribution in [0, 0.1) is 5.82 Å². The van der Waals surface area contributed by atoms with Gasteiger partial charge in [-0.25, -0.2) is 12.8 Å². The highest BCUT2D eigenvalue weighted by atomic mass is 35.5. The van der Waals surface area contributed by atoms with Gasteiger partial charge in [0.2, 0.25) is 15.9 Å². The molecule has 0 N–H and O–H groups in total. The molecule has 0 spiro atoms. The van der Waals surface area contributed by atoms with Gasteiger partial charge in [0.1, 0.15) is 11.9 Å². The summed E-state index contributed by atoms with van der Waals surface area (Å²) in [6.45, 7) is 3.54. The minimum absolute atomic E-state index is 0.131. The van der Waals surface area contributed by atoms with Crippen LogP contribution in [0.25, 0.3) is 0 Å². The van der Waals surface area contributed by atoms with Gasteiger partial charge in [-0.3, -0.25) is 9.10 Å². The number of para-hydroxylation sites is 1. The molecule has 2 aromatic carbocycles. The third kappa shape index (κ3) is 4.82. The van der Waals surface area contributed by atoms with Crippen molar-refractivity contribution in [3.05, 3.63) is 59.4 Å². The van der Waals surface area contributed by atoms with Crippen molar-refractivity contribution in [1.29, 1.82) is 0 Å². The first-order chi connectivity index (χ1) is 13.7. The number of carbonyl (C=O) groups is 1. The summed E-state index contributed by atoms with van der Waals surface area (Å²) in [5, 5.41) is 0.642. The molecule has 6 nitrogen and oxygen atoms in total. The molecular formula is C20H23ClFN3O3S. The molecule has 156 valence electrons. The molecule has 1 fully saturated rings. The summed E-state index contributed by atoms with van der Waals surface area (Å²) in [6, 6.07) is 12.0. The van der Waals surface area contributed by atoms with E-state index in [4.69, 9.17) is 11.6 Å². The first-order valence-electron chi connectivity index (χ1n) is 9.21. The molecule has 0 aliphatic carbocycles. The highest BCUT2D eigenvalue weighted by Crippen LogP contribution is 2.26. The summed E-state index contributed by atoms with van der Waals surface area (Å²) in [5.74, 6) is -1.05. The molecule has 1 aliphatic heterocycles. The Morgan fingerprint density at radius 1 is 1.10 bits per heavy atom. The van der Waals surface area contributed by atoms with Gasteiger partial charge in [0, 0.05) is 36.9 Å². The molecule has 9 heteroatoms. The zero-order valence-electron chi connectivity index (χ0n) is 16.3. The van der Waals surface area contributed by atoms with Crippen LogP contribution in [0.1, 0.15) is 6.92 Å². The lowest BCUT2D eigenvalue weighted by molar-refractivity contribution is -0.132. The second kappa shape index (κ2) is 8.59. The number of hydrogen-bond donors (Lipinski definition) is 0. The van der Waals surface area contributed by atoms with Gasteiger partial charge in [-0.1, -0.05) is 29.8 Å². The molecule has 1 atom stereocenters. The van der Waals surface area contributed by atoms with Gasteiger partial charge in [-0.15, -0.1) is 0 Å². The lowest BCUT2D eigenvalue weighted by Gasteiger charge is -2.39. The van der Waals surface area contributed by atoms with E-state index in [1.54, 1.807) is 11.0 Å². The Balaban J connectivity index is 1.75. The van der Waals surface area contributed by atoms with Crippen LogP contribution in [-0.4, -0.2) is 57.7 Å². The highest BCUT2D eigenvalue weighted by molar-refractivity contribution is 7.92. The Hall–Kier alpha value is -2.32. The molecule has 1 saturated heterocycles. The number of hydrogen-bond acceptors (Lipinski definition) is 4. The Bertz CT molecular complexity index is 994. The van der Waals surface area contributed by atoms with Gasteiger partial charge in [-0.05, 0) is 37.3 Å². The summed E-state index contributed by atoms with van der Waals surface area (Å²) in [4.78, 5) is 16.8. The van der Waals surface area contributed by atoms with Crippen molar-refractivity contribution in [3.63, 3.8) is 0 Å². The largest absolute Gasteiger partial charge is 0.368 e. The van der Waals surface area contributed by atoms with E-state index < -0.39 is 21.9 Å². The molecular weight excluding hydrogens is 417 g/mol. The summed E-state index contributed by atoms with van der Waals surface area (Å²) < 4.78 is 39.8. The first kappa shape index (κ1) is 21.4. The number of sulfonamides is 1. The van der Waals surface area contributed by atoms with Crippen molar-refractivity contribution in [2.75, 3.05) is 41.6 Å². The third-order valence-corrected chi connectivity index (χ3v) is 6.38. The average Bonchev–Trinajstić information content (AvgIpc) is 2.68. The maximum Gasteiger partial charge on any atom is 0.246 e. The van der Waals surface area contributed by atoms with Crippen LogP contribution < -0.4 is 9.21 Å². The SMILES string of the molecule is C[C@@H](C(=O)N1CCN(c2cccc(Cl)c2)CC1)N(c1ccccc1F)S(C)(=O)=O. The van der Waals surface area contributed by atoms with E-state index >= 15 is 0 Å². The Morgan fingerprint density at radius 3 is 2.34 bits per heavy atom. The van der Waals surface area contributed by atoms with E-state index in [0.717, 1.165) is 16.2 Å². The molecule has 1 aliphatic rings. The number of amides is 1. The maximum atomic E-state index is 14.3. The summed E-state index contributed by atoms with van der Waals surface area (Å²) >= 11 is 6.05. The molecule has 1 amide bonds. The fourth-order valence-electron chi connectivity index (χ4n) is 3.53. The summed E-state index contributed by atoms with van der Waals surface area (Å²) in [5.41, 5.74) is 0.843. The van der Waals surface area contributed by atoms with Gasteiger partial charge in [0.15, 0.2) is 0 Å². The third-order valence-electron chi connectivity index (χ3n) is 4.92. The minimum Gasteiger partial charge on any atom is -0.368 e. The van der Waals surface area contributed by atoms with E-state index in [2.05, 4.69) is 4.90 Å². The monoisotopic (exact) mass is 439 g/mol. The van der Waals surface area contributed by atoms with Crippen LogP contribution in [0.2, 0.25) is 5.02 Å². The van der Waals surface area contributed by atoms with Crippen molar-refractivity contribution >= 4 is 38.9 Å².